The fourth-order valence-electron chi connectivity index (χ4n) is 3.61. The maximum absolute atomic E-state index is 12.6. The zero-order valence-electron chi connectivity index (χ0n) is 19.3. The third-order valence-electron chi connectivity index (χ3n) is 5.35. The summed E-state index contributed by atoms with van der Waals surface area (Å²) in [5, 5.41) is 9.49. The average molecular weight is 486 g/mol. The van der Waals surface area contributed by atoms with Gasteiger partial charge in [-0.05, 0) is 55.0 Å². The lowest BCUT2D eigenvalue weighted by molar-refractivity contribution is 0.292. The molecule has 0 N–H and O–H groups in total. The number of benzene rings is 2. The van der Waals surface area contributed by atoms with E-state index < -0.39 is 0 Å². The predicted molar refractivity (Wildman–Crippen MR) is 134 cm³/mol. The van der Waals surface area contributed by atoms with Gasteiger partial charge in [-0.15, -0.1) is 10.2 Å². The Labute approximate surface area is 206 Å². The summed E-state index contributed by atoms with van der Waals surface area (Å²) >= 11 is 1.47. The van der Waals surface area contributed by atoms with Crippen LogP contribution in [0.1, 0.15) is 17.1 Å². The first-order valence-corrected chi connectivity index (χ1v) is 12.0. The highest BCUT2D eigenvalue weighted by molar-refractivity contribution is 7.98. The number of aromatic nitrogens is 5. The molecule has 0 spiro atoms. The van der Waals surface area contributed by atoms with E-state index in [0.29, 0.717) is 33.8 Å². The number of fused-ring (bicyclic) bond motifs is 1. The van der Waals surface area contributed by atoms with Crippen molar-refractivity contribution in [1.82, 2.24) is 24.1 Å². The van der Waals surface area contributed by atoms with Crippen LogP contribution in [0.25, 0.3) is 11.3 Å². The molecule has 0 radical (unpaired) electrons. The van der Waals surface area contributed by atoms with E-state index in [1.54, 1.807) is 23.8 Å². The van der Waals surface area contributed by atoms with Crippen molar-refractivity contribution in [2.24, 2.45) is 0 Å². The number of hydrogen-bond donors (Lipinski definition) is 0. The van der Waals surface area contributed by atoms with Crippen LogP contribution in [0.4, 0.5) is 0 Å². The van der Waals surface area contributed by atoms with Gasteiger partial charge in [-0.25, -0.2) is 4.98 Å². The Morgan fingerprint density at radius 2 is 1.71 bits per heavy atom. The molecule has 176 valence electrons. The zero-order valence-corrected chi connectivity index (χ0v) is 20.1. The summed E-state index contributed by atoms with van der Waals surface area (Å²) in [7, 11) is 1.63. The lowest BCUT2D eigenvalue weighted by Crippen LogP contribution is -2.15. The predicted octanol–water partition coefficient (Wildman–Crippen LogP) is 4.46. The van der Waals surface area contributed by atoms with Gasteiger partial charge < -0.3 is 9.47 Å². The summed E-state index contributed by atoms with van der Waals surface area (Å²) in [6.07, 6.45) is 1.79. The number of rotatable bonds is 8. The standard InChI is InChI=1S/C26H23N5O3S/c1-18-8-13-23-27-19(14-25(32)30(23)15-18)17-35-26-29-28-24(31(26)20-6-4-3-5-7-20)16-34-22-11-9-21(33-2)10-12-22/h3-15H,16-17H2,1-2H3. The number of methoxy groups -OCH3 is 1. The fourth-order valence-corrected chi connectivity index (χ4v) is 4.48. The number of hydrogen-bond acceptors (Lipinski definition) is 7. The van der Waals surface area contributed by atoms with E-state index in [4.69, 9.17) is 9.47 Å². The van der Waals surface area contributed by atoms with Crippen LogP contribution in [0.15, 0.2) is 88.9 Å². The van der Waals surface area contributed by atoms with Gasteiger partial charge in [-0.2, -0.15) is 0 Å². The average Bonchev–Trinajstić information content (AvgIpc) is 3.30. The van der Waals surface area contributed by atoms with Gasteiger partial charge in [0.2, 0.25) is 0 Å². The molecule has 8 nitrogen and oxygen atoms in total. The largest absolute Gasteiger partial charge is 0.497 e. The first-order valence-electron chi connectivity index (χ1n) is 11.0. The van der Waals surface area contributed by atoms with Crippen molar-refractivity contribution in [2.75, 3.05) is 7.11 Å². The minimum absolute atomic E-state index is 0.104. The van der Waals surface area contributed by atoms with Crippen LogP contribution in [-0.2, 0) is 12.4 Å². The Balaban J connectivity index is 1.39. The molecule has 5 aromatic rings. The number of ether oxygens (including phenoxy) is 2. The normalized spacial score (nSPS) is 11.0. The molecule has 3 heterocycles. The molecule has 0 aliphatic heterocycles. The highest BCUT2D eigenvalue weighted by Gasteiger charge is 2.16. The minimum Gasteiger partial charge on any atom is -0.497 e. The van der Waals surface area contributed by atoms with Crippen molar-refractivity contribution in [1.29, 1.82) is 0 Å². The van der Waals surface area contributed by atoms with Crippen molar-refractivity contribution in [3.05, 3.63) is 106 Å². The lowest BCUT2D eigenvalue weighted by Gasteiger charge is -2.11. The van der Waals surface area contributed by atoms with Crippen LogP contribution in [0.3, 0.4) is 0 Å². The molecular formula is C26H23N5O3S. The highest BCUT2D eigenvalue weighted by atomic mass is 32.2. The Hall–Kier alpha value is -4.11. The molecule has 0 aliphatic rings. The summed E-state index contributed by atoms with van der Waals surface area (Å²) in [6, 6.07) is 22.6. The van der Waals surface area contributed by atoms with Gasteiger partial charge in [-0.1, -0.05) is 36.0 Å². The van der Waals surface area contributed by atoms with Crippen LogP contribution in [0.2, 0.25) is 0 Å². The first kappa shape index (κ1) is 22.7. The van der Waals surface area contributed by atoms with Crippen LogP contribution >= 0.6 is 11.8 Å². The summed E-state index contributed by atoms with van der Waals surface area (Å²) in [5.74, 6) is 2.61. The van der Waals surface area contributed by atoms with Gasteiger partial charge in [0, 0.05) is 23.7 Å². The maximum Gasteiger partial charge on any atom is 0.258 e. The third-order valence-corrected chi connectivity index (χ3v) is 6.31. The molecule has 9 heteroatoms. The van der Waals surface area contributed by atoms with Crippen molar-refractivity contribution in [2.45, 2.75) is 24.4 Å². The van der Waals surface area contributed by atoms with Crippen molar-refractivity contribution >= 4 is 17.4 Å². The minimum atomic E-state index is -0.104. The van der Waals surface area contributed by atoms with Crippen molar-refractivity contribution in [3.63, 3.8) is 0 Å². The number of para-hydroxylation sites is 1. The monoisotopic (exact) mass is 485 g/mol. The smallest absolute Gasteiger partial charge is 0.258 e. The summed E-state index contributed by atoms with van der Waals surface area (Å²) < 4.78 is 14.7. The second-order valence-corrected chi connectivity index (χ2v) is 8.79. The Morgan fingerprint density at radius 3 is 2.49 bits per heavy atom. The van der Waals surface area contributed by atoms with Gasteiger partial charge in [0.05, 0.1) is 12.8 Å². The van der Waals surface area contributed by atoms with E-state index in [-0.39, 0.29) is 12.2 Å². The van der Waals surface area contributed by atoms with E-state index >= 15 is 0 Å². The Kier molecular flexibility index (Phi) is 6.49. The summed E-state index contributed by atoms with van der Waals surface area (Å²) in [4.78, 5) is 17.2. The van der Waals surface area contributed by atoms with E-state index in [0.717, 1.165) is 17.0 Å². The maximum atomic E-state index is 12.6. The number of nitrogens with zero attached hydrogens (tertiary/aromatic N) is 5. The zero-order chi connectivity index (χ0) is 24.2. The highest BCUT2D eigenvalue weighted by Crippen LogP contribution is 2.26. The summed E-state index contributed by atoms with van der Waals surface area (Å²) in [5.41, 5.74) is 3.13. The molecule has 0 atom stereocenters. The molecule has 3 aromatic heterocycles. The van der Waals surface area contributed by atoms with Crippen LogP contribution in [-0.4, -0.2) is 31.3 Å². The van der Waals surface area contributed by atoms with E-state index in [1.165, 1.54) is 11.8 Å². The Bertz CT molecular complexity index is 1510. The van der Waals surface area contributed by atoms with E-state index in [9.17, 15) is 4.79 Å². The van der Waals surface area contributed by atoms with Crippen LogP contribution in [0.5, 0.6) is 11.5 Å². The molecule has 0 unspecified atom stereocenters. The van der Waals surface area contributed by atoms with E-state index in [1.807, 2.05) is 78.2 Å². The summed E-state index contributed by atoms with van der Waals surface area (Å²) in [6.45, 7) is 2.19. The lowest BCUT2D eigenvalue weighted by atomic mass is 10.3. The molecule has 0 fully saturated rings. The Morgan fingerprint density at radius 1 is 0.943 bits per heavy atom. The second kappa shape index (κ2) is 10.0. The second-order valence-electron chi connectivity index (χ2n) is 7.84. The molecule has 0 aliphatic carbocycles. The fraction of sp³-hybridized carbons (Fsp3) is 0.154. The molecule has 0 amide bonds. The van der Waals surface area contributed by atoms with Gasteiger partial charge >= 0.3 is 0 Å². The van der Waals surface area contributed by atoms with Crippen molar-refractivity contribution < 1.29 is 9.47 Å². The molecular weight excluding hydrogens is 462 g/mol. The first-order chi connectivity index (χ1) is 17.1. The van der Waals surface area contributed by atoms with Gasteiger partial charge in [0.1, 0.15) is 23.8 Å². The number of thioether (sulfide) groups is 1. The van der Waals surface area contributed by atoms with Gasteiger partial charge in [-0.3, -0.25) is 13.8 Å². The van der Waals surface area contributed by atoms with Crippen LogP contribution in [0, 0.1) is 6.92 Å². The molecule has 5 rings (SSSR count). The van der Waals surface area contributed by atoms with Crippen molar-refractivity contribution in [3.8, 4) is 17.2 Å². The molecule has 0 saturated carbocycles. The van der Waals surface area contributed by atoms with E-state index in [2.05, 4.69) is 15.2 Å². The quantitative estimate of drug-likeness (QED) is 0.300. The molecule has 0 bridgehead atoms. The molecule has 2 aromatic carbocycles. The number of aryl methyl sites for hydroxylation is 1. The van der Waals surface area contributed by atoms with Gasteiger partial charge in [0.15, 0.2) is 11.0 Å². The SMILES string of the molecule is COc1ccc(OCc2nnc(SCc3cc(=O)n4cc(C)ccc4n3)n2-c2ccccc2)cc1. The van der Waals surface area contributed by atoms with Gasteiger partial charge in [0.25, 0.3) is 5.56 Å². The number of pyridine rings is 1. The van der Waals surface area contributed by atoms with Crippen LogP contribution < -0.4 is 15.0 Å². The molecule has 0 saturated heterocycles. The topological polar surface area (TPSA) is 83.5 Å². The third kappa shape index (κ3) is 5.04. The molecule has 35 heavy (non-hydrogen) atoms.